The molecule has 0 spiro atoms. The second kappa shape index (κ2) is 10.2. The summed E-state index contributed by atoms with van der Waals surface area (Å²) in [4.78, 5) is 41.5. The molecule has 0 fully saturated rings. The molecule has 7 nitrogen and oxygen atoms in total. The molecule has 1 heterocycles. The highest BCUT2D eigenvalue weighted by molar-refractivity contribution is 7.99. The summed E-state index contributed by atoms with van der Waals surface area (Å²) in [5.74, 6) is 0.830. The van der Waals surface area contributed by atoms with Gasteiger partial charge in [0, 0.05) is 48.8 Å². The van der Waals surface area contributed by atoms with Crippen LogP contribution in [0.1, 0.15) is 12.8 Å². The molecule has 158 valence electrons. The molecule has 8 heteroatoms. The van der Waals surface area contributed by atoms with Crippen LogP contribution in [0.25, 0.3) is 0 Å². The highest BCUT2D eigenvalue weighted by Gasteiger charge is 2.23. The van der Waals surface area contributed by atoms with Gasteiger partial charge in [-0.25, -0.2) is 0 Å². The highest BCUT2D eigenvalue weighted by atomic mass is 32.2. The predicted molar refractivity (Wildman–Crippen MR) is 118 cm³/mol. The molecule has 0 bridgehead atoms. The number of rotatable bonds is 7. The van der Waals surface area contributed by atoms with Crippen molar-refractivity contribution in [2.24, 2.45) is 0 Å². The van der Waals surface area contributed by atoms with E-state index in [1.165, 1.54) is 4.90 Å². The summed E-state index contributed by atoms with van der Waals surface area (Å²) in [7, 11) is 3.11. The maximum absolute atomic E-state index is 12.7. The van der Waals surface area contributed by atoms with Gasteiger partial charge in [-0.05, 0) is 24.3 Å². The maximum atomic E-state index is 12.7. The number of para-hydroxylation sites is 1. The van der Waals surface area contributed by atoms with E-state index in [1.807, 2.05) is 24.3 Å². The monoisotopic (exact) mass is 427 g/mol. The summed E-state index contributed by atoms with van der Waals surface area (Å²) < 4.78 is 5.13. The molecule has 3 rings (SSSR count). The Morgan fingerprint density at radius 1 is 1.13 bits per heavy atom. The summed E-state index contributed by atoms with van der Waals surface area (Å²) >= 11 is 1.73. The normalized spacial score (nSPS) is 12.7. The molecule has 0 aromatic heterocycles. The number of thioether (sulfide) groups is 1. The highest BCUT2D eigenvalue weighted by Crippen LogP contribution is 2.34. The van der Waals surface area contributed by atoms with Gasteiger partial charge in [-0.2, -0.15) is 0 Å². The van der Waals surface area contributed by atoms with Crippen LogP contribution in [0.4, 0.5) is 11.4 Å². The van der Waals surface area contributed by atoms with Crippen molar-refractivity contribution >= 4 is 40.9 Å². The van der Waals surface area contributed by atoms with E-state index in [9.17, 15) is 14.4 Å². The Morgan fingerprint density at radius 3 is 2.73 bits per heavy atom. The fourth-order valence-electron chi connectivity index (χ4n) is 3.17. The fraction of sp³-hybridized carbons (Fsp3) is 0.318. The molecule has 1 aliphatic rings. The first-order valence-corrected chi connectivity index (χ1v) is 10.7. The van der Waals surface area contributed by atoms with E-state index >= 15 is 0 Å². The summed E-state index contributed by atoms with van der Waals surface area (Å²) in [5.41, 5.74) is 1.49. The molecule has 2 aromatic carbocycles. The van der Waals surface area contributed by atoms with Crippen LogP contribution in [-0.2, 0) is 14.4 Å². The molecular formula is C22H25N3O4S. The number of ether oxygens (including phenoxy) is 1. The number of nitrogens with one attached hydrogen (secondary N) is 1. The molecule has 1 N–H and O–H groups in total. The van der Waals surface area contributed by atoms with Crippen LogP contribution in [-0.4, -0.2) is 55.6 Å². The number of likely N-dealkylation sites (N-methyl/N-ethyl adjacent to an activating group) is 1. The number of fused-ring (bicyclic) bond motifs is 1. The van der Waals surface area contributed by atoms with Crippen molar-refractivity contribution in [3.63, 3.8) is 0 Å². The van der Waals surface area contributed by atoms with E-state index in [2.05, 4.69) is 5.32 Å². The zero-order valence-corrected chi connectivity index (χ0v) is 17.9. The minimum Gasteiger partial charge on any atom is -0.497 e. The molecule has 0 saturated carbocycles. The van der Waals surface area contributed by atoms with E-state index in [-0.39, 0.29) is 37.1 Å². The lowest BCUT2D eigenvalue weighted by Crippen LogP contribution is -2.38. The summed E-state index contributed by atoms with van der Waals surface area (Å²) in [6.07, 6.45) is 0.174. The standard InChI is InChI=1S/C22H25N3O4S/c1-24(15-20(26)23-16-6-5-7-17(14-16)29-2)21(27)10-11-22(28)25-12-13-30-19-9-4-3-8-18(19)25/h3-9,14H,10-13,15H2,1-2H3,(H,23,26). The van der Waals surface area contributed by atoms with Crippen molar-refractivity contribution in [2.75, 3.05) is 43.2 Å². The average Bonchev–Trinajstić information content (AvgIpc) is 2.76. The minimum absolute atomic E-state index is 0.0631. The number of anilines is 2. The first kappa shape index (κ1) is 21.7. The molecule has 2 aromatic rings. The van der Waals surface area contributed by atoms with Crippen LogP contribution in [0.5, 0.6) is 5.75 Å². The van der Waals surface area contributed by atoms with Gasteiger partial charge in [-0.15, -0.1) is 11.8 Å². The minimum atomic E-state index is -0.313. The topological polar surface area (TPSA) is 79.0 Å². The van der Waals surface area contributed by atoms with E-state index in [4.69, 9.17) is 4.74 Å². The third kappa shape index (κ3) is 5.54. The lowest BCUT2D eigenvalue weighted by molar-refractivity contribution is -0.134. The Bertz CT molecular complexity index is 934. The number of hydrogen-bond acceptors (Lipinski definition) is 5. The molecular weight excluding hydrogens is 402 g/mol. The van der Waals surface area contributed by atoms with Crippen LogP contribution >= 0.6 is 11.8 Å². The van der Waals surface area contributed by atoms with Gasteiger partial charge in [-0.3, -0.25) is 14.4 Å². The van der Waals surface area contributed by atoms with Crippen molar-refractivity contribution in [1.82, 2.24) is 4.90 Å². The second-order valence-electron chi connectivity index (χ2n) is 6.89. The first-order valence-electron chi connectivity index (χ1n) is 9.68. The second-order valence-corrected chi connectivity index (χ2v) is 8.03. The molecule has 30 heavy (non-hydrogen) atoms. The van der Waals surface area contributed by atoms with Crippen LogP contribution < -0.4 is 15.0 Å². The van der Waals surface area contributed by atoms with Gasteiger partial charge in [-0.1, -0.05) is 18.2 Å². The average molecular weight is 428 g/mol. The zero-order chi connectivity index (χ0) is 21.5. The van der Waals surface area contributed by atoms with Gasteiger partial charge in [0.1, 0.15) is 5.75 Å². The number of methoxy groups -OCH3 is 1. The summed E-state index contributed by atoms with van der Waals surface area (Å²) in [6, 6.07) is 14.8. The first-order chi connectivity index (χ1) is 14.5. The van der Waals surface area contributed by atoms with Gasteiger partial charge in [0.25, 0.3) is 0 Å². The molecule has 0 saturated heterocycles. The Morgan fingerprint density at radius 2 is 1.93 bits per heavy atom. The van der Waals surface area contributed by atoms with Crippen molar-refractivity contribution in [1.29, 1.82) is 0 Å². The Balaban J connectivity index is 1.48. The van der Waals surface area contributed by atoms with Gasteiger partial charge in [0.15, 0.2) is 0 Å². The van der Waals surface area contributed by atoms with Crippen LogP contribution in [0, 0.1) is 0 Å². The molecule has 1 aliphatic heterocycles. The molecule has 0 unspecified atom stereocenters. The molecule has 0 radical (unpaired) electrons. The quantitative estimate of drug-likeness (QED) is 0.735. The van der Waals surface area contributed by atoms with Crippen molar-refractivity contribution < 1.29 is 19.1 Å². The Hall–Kier alpha value is -3.00. The van der Waals surface area contributed by atoms with Gasteiger partial charge >= 0.3 is 0 Å². The smallest absolute Gasteiger partial charge is 0.243 e. The molecule has 0 aliphatic carbocycles. The molecule has 0 atom stereocenters. The summed E-state index contributed by atoms with van der Waals surface area (Å²) in [5, 5.41) is 2.74. The van der Waals surface area contributed by atoms with Gasteiger partial charge in [0.2, 0.25) is 17.7 Å². The largest absolute Gasteiger partial charge is 0.497 e. The zero-order valence-electron chi connectivity index (χ0n) is 17.1. The van der Waals surface area contributed by atoms with E-state index < -0.39 is 0 Å². The van der Waals surface area contributed by atoms with Crippen LogP contribution in [0.2, 0.25) is 0 Å². The Labute approximate surface area is 180 Å². The number of amides is 3. The summed E-state index contributed by atoms with van der Waals surface area (Å²) in [6.45, 7) is 0.543. The third-order valence-corrected chi connectivity index (χ3v) is 5.79. The number of nitrogens with zero attached hydrogens (tertiary/aromatic N) is 2. The van der Waals surface area contributed by atoms with Crippen molar-refractivity contribution in [2.45, 2.75) is 17.7 Å². The predicted octanol–water partition coefficient (Wildman–Crippen LogP) is 3.01. The third-order valence-electron chi connectivity index (χ3n) is 4.74. The van der Waals surface area contributed by atoms with Gasteiger partial charge in [0.05, 0.1) is 19.3 Å². The van der Waals surface area contributed by atoms with Crippen molar-refractivity contribution in [3.8, 4) is 5.75 Å². The van der Waals surface area contributed by atoms with E-state index in [0.29, 0.717) is 18.0 Å². The van der Waals surface area contributed by atoms with Gasteiger partial charge < -0.3 is 19.9 Å². The number of carbonyl (C=O) groups excluding carboxylic acids is 3. The lowest BCUT2D eigenvalue weighted by atomic mass is 10.2. The SMILES string of the molecule is COc1cccc(NC(=O)CN(C)C(=O)CCC(=O)N2CCSc3ccccc32)c1. The van der Waals surface area contributed by atoms with Crippen LogP contribution in [0.3, 0.4) is 0 Å². The van der Waals surface area contributed by atoms with Crippen LogP contribution in [0.15, 0.2) is 53.4 Å². The Kier molecular flexibility index (Phi) is 7.35. The maximum Gasteiger partial charge on any atom is 0.243 e. The number of hydrogen-bond donors (Lipinski definition) is 1. The number of carbonyl (C=O) groups is 3. The van der Waals surface area contributed by atoms with Crippen molar-refractivity contribution in [3.05, 3.63) is 48.5 Å². The van der Waals surface area contributed by atoms with E-state index in [0.717, 1.165) is 16.3 Å². The van der Waals surface area contributed by atoms with E-state index in [1.54, 1.807) is 55.1 Å². The number of benzene rings is 2. The lowest BCUT2D eigenvalue weighted by Gasteiger charge is -2.29. The fourth-order valence-corrected chi connectivity index (χ4v) is 4.17. The molecule has 3 amide bonds.